The molecule has 0 radical (unpaired) electrons. The van der Waals surface area contributed by atoms with Crippen LogP contribution in [0, 0.1) is 0 Å². The van der Waals surface area contributed by atoms with Crippen LogP contribution in [0.4, 0.5) is 0 Å². The molecule has 0 saturated carbocycles. The van der Waals surface area contributed by atoms with Gasteiger partial charge in [0.05, 0.1) is 5.69 Å². The number of aromatic nitrogens is 3. The number of hydrogen-bond acceptors (Lipinski definition) is 2. The topological polar surface area (TPSA) is 59.8 Å². The first-order valence-corrected chi connectivity index (χ1v) is 4.13. The third kappa shape index (κ3) is 1.19. The molecule has 0 aliphatic carbocycles. The Hall–Kier alpha value is -2.04. The standard InChI is InChI=1S/C9H9N3O2/c1-11-9(14)12(8(13)10-11)7-5-3-2-4-6-7/h2-6H,1H3,(H,10,13). The SMILES string of the molecule is Cn1[nH]c(=O)n(-c2ccccc2)c1=O. The summed E-state index contributed by atoms with van der Waals surface area (Å²) in [7, 11) is 1.50. The van der Waals surface area contributed by atoms with E-state index in [-0.39, 0.29) is 5.69 Å². The van der Waals surface area contributed by atoms with Crippen LogP contribution >= 0.6 is 0 Å². The quantitative estimate of drug-likeness (QED) is 0.682. The minimum absolute atomic E-state index is 0.374. The van der Waals surface area contributed by atoms with Gasteiger partial charge in [0.25, 0.3) is 0 Å². The van der Waals surface area contributed by atoms with Gasteiger partial charge in [0.2, 0.25) is 0 Å². The number of benzene rings is 1. The number of nitrogens with zero attached hydrogens (tertiary/aromatic N) is 2. The van der Waals surface area contributed by atoms with E-state index in [0.717, 1.165) is 9.25 Å². The Balaban J connectivity index is 2.75. The van der Waals surface area contributed by atoms with Gasteiger partial charge in [-0.15, -0.1) is 0 Å². The highest BCUT2D eigenvalue weighted by molar-refractivity contribution is 5.30. The Morgan fingerprint density at radius 2 is 1.79 bits per heavy atom. The summed E-state index contributed by atoms with van der Waals surface area (Å²) in [5, 5.41) is 2.39. The molecule has 0 bridgehead atoms. The van der Waals surface area contributed by atoms with E-state index < -0.39 is 5.69 Å². The smallest absolute Gasteiger partial charge is 0.246 e. The Bertz CT molecular complexity index is 547. The highest BCUT2D eigenvalue weighted by Gasteiger charge is 2.06. The van der Waals surface area contributed by atoms with Crippen LogP contribution in [-0.4, -0.2) is 14.3 Å². The van der Waals surface area contributed by atoms with E-state index in [9.17, 15) is 9.59 Å². The number of aryl methyl sites for hydroxylation is 1. The second-order valence-corrected chi connectivity index (χ2v) is 2.93. The summed E-state index contributed by atoms with van der Waals surface area (Å²) in [6, 6.07) is 8.78. The van der Waals surface area contributed by atoms with Gasteiger partial charge in [-0.05, 0) is 12.1 Å². The Morgan fingerprint density at radius 1 is 1.14 bits per heavy atom. The van der Waals surface area contributed by atoms with Crippen LogP contribution in [0.1, 0.15) is 0 Å². The van der Waals surface area contributed by atoms with Crippen LogP contribution in [-0.2, 0) is 7.05 Å². The van der Waals surface area contributed by atoms with Crippen LogP contribution in [0.15, 0.2) is 39.9 Å². The number of para-hydroxylation sites is 1. The van der Waals surface area contributed by atoms with E-state index in [0.29, 0.717) is 5.69 Å². The summed E-state index contributed by atoms with van der Waals surface area (Å²) in [5.41, 5.74) is -0.232. The molecule has 5 nitrogen and oxygen atoms in total. The summed E-state index contributed by atoms with van der Waals surface area (Å²) >= 11 is 0. The first-order chi connectivity index (χ1) is 6.70. The number of nitrogens with one attached hydrogen (secondary N) is 1. The van der Waals surface area contributed by atoms with E-state index >= 15 is 0 Å². The Kier molecular flexibility index (Phi) is 1.85. The zero-order chi connectivity index (χ0) is 10.1. The predicted octanol–water partition coefficient (Wildman–Crippen LogP) is -0.136. The number of hydrogen-bond donors (Lipinski definition) is 1. The molecule has 72 valence electrons. The fourth-order valence-corrected chi connectivity index (χ4v) is 1.28. The van der Waals surface area contributed by atoms with Gasteiger partial charge in [-0.1, -0.05) is 18.2 Å². The molecule has 2 rings (SSSR count). The van der Waals surface area contributed by atoms with Crippen LogP contribution in [0.3, 0.4) is 0 Å². The fraction of sp³-hybridized carbons (Fsp3) is 0.111. The maximum absolute atomic E-state index is 11.5. The van der Waals surface area contributed by atoms with Gasteiger partial charge in [-0.25, -0.2) is 23.9 Å². The summed E-state index contributed by atoms with van der Waals surface area (Å²) in [6.07, 6.45) is 0. The number of H-pyrrole nitrogens is 1. The van der Waals surface area contributed by atoms with Crippen molar-refractivity contribution in [3.8, 4) is 5.69 Å². The normalized spacial score (nSPS) is 10.4. The molecule has 0 spiro atoms. The van der Waals surface area contributed by atoms with Crippen molar-refractivity contribution in [2.45, 2.75) is 0 Å². The lowest BCUT2D eigenvalue weighted by Gasteiger charge is -1.96. The van der Waals surface area contributed by atoms with Gasteiger partial charge in [-0.3, -0.25) is 0 Å². The van der Waals surface area contributed by atoms with E-state index in [1.165, 1.54) is 7.05 Å². The van der Waals surface area contributed by atoms with E-state index in [1.54, 1.807) is 24.3 Å². The molecule has 0 unspecified atom stereocenters. The molecular formula is C9H9N3O2. The molecule has 0 aliphatic rings. The van der Waals surface area contributed by atoms with Crippen molar-refractivity contribution in [2.75, 3.05) is 0 Å². The highest BCUT2D eigenvalue weighted by Crippen LogP contribution is 1.99. The summed E-state index contributed by atoms with van der Waals surface area (Å²) in [4.78, 5) is 22.8. The average Bonchev–Trinajstić information content (AvgIpc) is 2.43. The van der Waals surface area contributed by atoms with Crippen molar-refractivity contribution in [1.82, 2.24) is 14.3 Å². The molecule has 1 aromatic heterocycles. The van der Waals surface area contributed by atoms with E-state index in [2.05, 4.69) is 5.10 Å². The summed E-state index contributed by atoms with van der Waals surface area (Å²) in [5.74, 6) is 0. The van der Waals surface area contributed by atoms with Crippen LogP contribution < -0.4 is 11.4 Å². The number of rotatable bonds is 1. The van der Waals surface area contributed by atoms with Gasteiger partial charge in [0.15, 0.2) is 0 Å². The van der Waals surface area contributed by atoms with Gasteiger partial charge < -0.3 is 0 Å². The first-order valence-electron chi connectivity index (χ1n) is 4.13. The summed E-state index contributed by atoms with van der Waals surface area (Å²) in [6.45, 7) is 0. The summed E-state index contributed by atoms with van der Waals surface area (Å²) < 4.78 is 2.23. The molecule has 0 fully saturated rings. The molecule has 14 heavy (non-hydrogen) atoms. The molecule has 5 heteroatoms. The second-order valence-electron chi connectivity index (χ2n) is 2.93. The minimum atomic E-state index is -0.427. The first kappa shape index (κ1) is 8.55. The average molecular weight is 191 g/mol. The van der Waals surface area contributed by atoms with Crippen LogP contribution in [0.25, 0.3) is 5.69 Å². The lowest BCUT2D eigenvalue weighted by molar-refractivity contribution is 0.723. The molecule has 2 aromatic rings. The van der Waals surface area contributed by atoms with Crippen molar-refractivity contribution in [3.63, 3.8) is 0 Å². The molecule has 0 aliphatic heterocycles. The molecule has 1 heterocycles. The van der Waals surface area contributed by atoms with Gasteiger partial charge in [-0.2, -0.15) is 0 Å². The molecular weight excluding hydrogens is 182 g/mol. The number of aromatic amines is 1. The zero-order valence-corrected chi connectivity index (χ0v) is 7.60. The van der Waals surface area contributed by atoms with E-state index in [4.69, 9.17) is 0 Å². The van der Waals surface area contributed by atoms with Crippen molar-refractivity contribution in [3.05, 3.63) is 51.3 Å². The largest absolute Gasteiger partial charge is 0.351 e. The monoisotopic (exact) mass is 191 g/mol. The maximum Gasteiger partial charge on any atom is 0.351 e. The van der Waals surface area contributed by atoms with Crippen molar-refractivity contribution >= 4 is 0 Å². The lowest BCUT2D eigenvalue weighted by atomic mass is 10.3. The van der Waals surface area contributed by atoms with Gasteiger partial charge in [0.1, 0.15) is 0 Å². The third-order valence-electron chi connectivity index (χ3n) is 1.96. The lowest BCUT2D eigenvalue weighted by Crippen LogP contribution is -2.26. The predicted molar refractivity (Wildman–Crippen MR) is 51.6 cm³/mol. The van der Waals surface area contributed by atoms with Crippen molar-refractivity contribution in [1.29, 1.82) is 0 Å². The van der Waals surface area contributed by atoms with Gasteiger partial charge >= 0.3 is 11.4 Å². The fourth-order valence-electron chi connectivity index (χ4n) is 1.28. The second kappa shape index (κ2) is 3.02. The Labute approximate surface area is 79.2 Å². The molecule has 1 N–H and O–H groups in total. The Morgan fingerprint density at radius 3 is 2.29 bits per heavy atom. The molecule has 0 atom stereocenters. The van der Waals surface area contributed by atoms with Gasteiger partial charge in [0, 0.05) is 7.05 Å². The van der Waals surface area contributed by atoms with Crippen molar-refractivity contribution < 1.29 is 0 Å². The highest BCUT2D eigenvalue weighted by atomic mass is 16.2. The van der Waals surface area contributed by atoms with Crippen molar-refractivity contribution in [2.24, 2.45) is 7.05 Å². The van der Waals surface area contributed by atoms with Crippen LogP contribution in [0.2, 0.25) is 0 Å². The third-order valence-corrected chi connectivity index (χ3v) is 1.96. The molecule has 0 amide bonds. The molecule has 0 saturated heterocycles. The maximum atomic E-state index is 11.5. The van der Waals surface area contributed by atoms with Crippen LogP contribution in [0.5, 0.6) is 0 Å². The van der Waals surface area contributed by atoms with E-state index in [1.807, 2.05) is 6.07 Å². The zero-order valence-electron chi connectivity index (χ0n) is 7.60. The molecule has 1 aromatic carbocycles. The minimum Gasteiger partial charge on any atom is -0.246 e.